The van der Waals surface area contributed by atoms with E-state index in [4.69, 9.17) is 18.9 Å². The van der Waals surface area contributed by atoms with Crippen molar-refractivity contribution in [3.63, 3.8) is 0 Å². The number of hydrogen-bond acceptors (Lipinski definition) is 5. The van der Waals surface area contributed by atoms with Gasteiger partial charge in [0, 0.05) is 30.5 Å². The number of fused-ring (bicyclic) bond motifs is 1. The van der Waals surface area contributed by atoms with Crippen LogP contribution in [0.25, 0.3) is 22.4 Å². The van der Waals surface area contributed by atoms with Crippen molar-refractivity contribution in [2.45, 2.75) is 6.54 Å². The topological polar surface area (TPSA) is 48.9 Å². The first-order valence-electron chi connectivity index (χ1n) is 8.63. The zero-order valence-electron chi connectivity index (χ0n) is 15.2. The van der Waals surface area contributed by atoms with Gasteiger partial charge in [-0.15, -0.1) is 11.3 Å². The van der Waals surface area contributed by atoms with Crippen molar-refractivity contribution in [2.24, 2.45) is 4.99 Å². The van der Waals surface area contributed by atoms with E-state index in [1.807, 2.05) is 42.5 Å². The lowest BCUT2D eigenvalue weighted by molar-refractivity contribution is 0.187. The molecular formula is C21H20N2O3S. The Kier molecular flexibility index (Phi) is 5.09. The molecule has 2 heterocycles. The second kappa shape index (κ2) is 7.82. The zero-order valence-corrected chi connectivity index (χ0v) is 16.0. The van der Waals surface area contributed by atoms with E-state index in [9.17, 15) is 0 Å². The van der Waals surface area contributed by atoms with Crippen LogP contribution in [0.5, 0.6) is 5.75 Å². The van der Waals surface area contributed by atoms with E-state index in [0.29, 0.717) is 13.2 Å². The summed E-state index contributed by atoms with van der Waals surface area (Å²) in [5, 5.41) is 3.16. The van der Waals surface area contributed by atoms with Gasteiger partial charge in [0.15, 0.2) is 10.6 Å². The molecule has 0 saturated carbocycles. The molecule has 0 N–H and O–H groups in total. The molecular weight excluding hydrogens is 360 g/mol. The summed E-state index contributed by atoms with van der Waals surface area (Å²) in [6, 6.07) is 17.8. The fourth-order valence-corrected chi connectivity index (χ4v) is 3.85. The van der Waals surface area contributed by atoms with Gasteiger partial charge in [-0.1, -0.05) is 24.3 Å². The average molecular weight is 380 g/mol. The number of methoxy groups -OCH3 is 2. The molecule has 2 aromatic carbocycles. The van der Waals surface area contributed by atoms with Crippen molar-refractivity contribution in [1.29, 1.82) is 0 Å². The fourth-order valence-electron chi connectivity index (χ4n) is 2.91. The molecule has 5 nitrogen and oxygen atoms in total. The summed E-state index contributed by atoms with van der Waals surface area (Å²) in [6.45, 7) is 1.28. The van der Waals surface area contributed by atoms with Gasteiger partial charge in [-0.2, -0.15) is 0 Å². The van der Waals surface area contributed by atoms with E-state index < -0.39 is 0 Å². The Morgan fingerprint density at radius 3 is 2.78 bits per heavy atom. The smallest absolute Gasteiger partial charge is 0.190 e. The Morgan fingerprint density at radius 2 is 1.96 bits per heavy atom. The molecule has 2 aromatic heterocycles. The van der Waals surface area contributed by atoms with Gasteiger partial charge in [-0.3, -0.25) is 0 Å². The van der Waals surface area contributed by atoms with Gasteiger partial charge in [-0.05, 0) is 24.3 Å². The Balaban J connectivity index is 1.82. The van der Waals surface area contributed by atoms with Gasteiger partial charge in [-0.25, -0.2) is 4.99 Å². The van der Waals surface area contributed by atoms with Crippen LogP contribution in [0.15, 0.2) is 69.4 Å². The summed E-state index contributed by atoms with van der Waals surface area (Å²) in [6.07, 6.45) is 0. The van der Waals surface area contributed by atoms with E-state index >= 15 is 0 Å². The van der Waals surface area contributed by atoms with Crippen LogP contribution in [-0.2, 0) is 11.3 Å². The number of para-hydroxylation sites is 1. The first-order valence-corrected chi connectivity index (χ1v) is 9.51. The highest BCUT2D eigenvalue weighted by Gasteiger charge is 2.13. The van der Waals surface area contributed by atoms with Gasteiger partial charge in [0.25, 0.3) is 0 Å². The average Bonchev–Trinajstić information content (AvgIpc) is 3.30. The second-order valence-corrected chi connectivity index (χ2v) is 6.85. The minimum Gasteiger partial charge on any atom is -0.497 e. The van der Waals surface area contributed by atoms with Crippen LogP contribution < -0.4 is 9.54 Å². The molecule has 0 aliphatic rings. The first-order chi connectivity index (χ1) is 13.3. The lowest BCUT2D eigenvalue weighted by Gasteiger charge is -2.06. The molecule has 0 bridgehead atoms. The lowest BCUT2D eigenvalue weighted by Crippen LogP contribution is -2.18. The summed E-state index contributed by atoms with van der Waals surface area (Å²) in [5.41, 5.74) is 2.72. The first kappa shape index (κ1) is 17.6. The maximum absolute atomic E-state index is 6.06. The normalized spacial score (nSPS) is 12.0. The Hall–Kier alpha value is -2.83. The van der Waals surface area contributed by atoms with Crippen molar-refractivity contribution in [3.05, 3.63) is 64.8 Å². The molecule has 0 amide bonds. The van der Waals surface area contributed by atoms with Crippen molar-refractivity contribution in [3.8, 4) is 17.2 Å². The largest absolute Gasteiger partial charge is 0.497 e. The molecule has 0 fully saturated rings. The molecule has 4 rings (SSSR count). The lowest BCUT2D eigenvalue weighted by atomic mass is 10.2. The zero-order chi connectivity index (χ0) is 18.6. The van der Waals surface area contributed by atoms with Crippen molar-refractivity contribution in [2.75, 3.05) is 20.8 Å². The molecule has 6 heteroatoms. The number of ether oxygens (including phenoxy) is 2. The second-order valence-electron chi connectivity index (χ2n) is 6.01. The predicted molar refractivity (Wildman–Crippen MR) is 108 cm³/mol. The van der Waals surface area contributed by atoms with Gasteiger partial charge >= 0.3 is 0 Å². The number of aromatic nitrogens is 1. The van der Waals surface area contributed by atoms with Gasteiger partial charge in [0.1, 0.15) is 11.3 Å². The SMILES string of the molecule is COCCn1c(-c2cc3ccccc3o2)csc1=Nc1cccc(OC)c1. The van der Waals surface area contributed by atoms with Crippen molar-refractivity contribution in [1.82, 2.24) is 4.57 Å². The molecule has 0 aliphatic carbocycles. The third-order valence-electron chi connectivity index (χ3n) is 4.27. The molecule has 0 aliphatic heterocycles. The third kappa shape index (κ3) is 3.67. The number of nitrogens with zero attached hydrogens (tertiary/aromatic N) is 2. The molecule has 0 atom stereocenters. The minimum atomic E-state index is 0.593. The molecule has 0 saturated heterocycles. The highest BCUT2D eigenvalue weighted by Crippen LogP contribution is 2.28. The summed E-state index contributed by atoms with van der Waals surface area (Å²) in [5.74, 6) is 1.62. The van der Waals surface area contributed by atoms with Gasteiger partial charge in [0.2, 0.25) is 0 Å². The monoisotopic (exact) mass is 380 g/mol. The standard InChI is InChI=1S/C21H20N2O3S/c1-24-11-10-23-18(20-12-15-6-3-4-9-19(15)26-20)14-27-21(23)22-16-7-5-8-17(13-16)25-2/h3-9,12-14H,10-11H2,1-2H3. The highest BCUT2D eigenvalue weighted by molar-refractivity contribution is 7.07. The van der Waals surface area contributed by atoms with Crippen LogP contribution in [0.1, 0.15) is 0 Å². The Bertz CT molecular complexity index is 1090. The van der Waals surface area contributed by atoms with Crippen LogP contribution >= 0.6 is 11.3 Å². The highest BCUT2D eigenvalue weighted by atomic mass is 32.1. The van der Waals surface area contributed by atoms with Crippen LogP contribution in [0, 0.1) is 0 Å². The summed E-state index contributed by atoms with van der Waals surface area (Å²) in [4.78, 5) is 5.69. The van der Waals surface area contributed by atoms with Crippen LogP contribution in [0.4, 0.5) is 5.69 Å². The molecule has 138 valence electrons. The summed E-state index contributed by atoms with van der Waals surface area (Å²) in [7, 11) is 3.36. The Morgan fingerprint density at radius 1 is 1.07 bits per heavy atom. The summed E-state index contributed by atoms with van der Waals surface area (Å²) >= 11 is 1.58. The molecule has 27 heavy (non-hydrogen) atoms. The van der Waals surface area contributed by atoms with E-state index in [1.165, 1.54) is 0 Å². The van der Waals surface area contributed by atoms with E-state index in [-0.39, 0.29) is 0 Å². The third-order valence-corrected chi connectivity index (χ3v) is 5.14. The summed E-state index contributed by atoms with van der Waals surface area (Å²) < 4.78 is 18.8. The van der Waals surface area contributed by atoms with E-state index in [1.54, 1.807) is 25.6 Å². The van der Waals surface area contributed by atoms with E-state index in [2.05, 4.69) is 22.1 Å². The van der Waals surface area contributed by atoms with E-state index in [0.717, 1.165) is 38.7 Å². The number of thiazole rings is 1. The molecule has 0 unspecified atom stereocenters. The predicted octanol–water partition coefficient (Wildman–Crippen LogP) is 4.85. The quantitative estimate of drug-likeness (QED) is 0.480. The molecule has 4 aromatic rings. The number of benzene rings is 2. The molecule has 0 radical (unpaired) electrons. The maximum Gasteiger partial charge on any atom is 0.190 e. The van der Waals surface area contributed by atoms with Crippen LogP contribution in [-0.4, -0.2) is 25.4 Å². The fraction of sp³-hybridized carbons (Fsp3) is 0.190. The molecule has 0 spiro atoms. The number of hydrogen-bond donors (Lipinski definition) is 0. The number of rotatable bonds is 6. The van der Waals surface area contributed by atoms with Gasteiger partial charge in [0.05, 0.1) is 25.1 Å². The van der Waals surface area contributed by atoms with Crippen LogP contribution in [0.3, 0.4) is 0 Å². The van der Waals surface area contributed by atoms with Crippen molar-refractivity contribution < 1.29 is 13.9 Å². The minimum absolute atomic E-state index is 0.593. The van der Waals surface area contributed by atoms with Crippen LogP contribution in [0.2, 0.25) is 0 Å². The van der Waals surface area contributed by atoms with Crippen molar-refractivity contribution >= 4 is 28.0 Å². The number of furan rings is 1. The Labute approximate surface area is 161 Å². The maximum atomic E-state index is 6.06. The van der Waals surface area contributed by atoms with Gasteiger partial charge < -0.3 is 18.5 Å².